The van der Waals surface area contributed by atoms with Crippen molar-refractivity contribution in [3.63, 3.8) is 0 Å². The van der Waals surface area contributed by atoms with Crippen LogP contribution in [0.4, 0.5) is 0 Å². The molecule has 0 spiro atoms. The summed E-state index contributed by atoms with van der Waals surface area (Å²) in [7, 11) is 0. The second-order valence-electron chi connectivity index (χ2n) is 2.50. The predicted molar refractivity (Wildman–Crippen MR) is 46.6 cm³/mol. The van der Waals surface area contributed by atoms with Gasteiger partial charge in [-0.15, -0.1) is 0 Å². The maximum absolute atomic E-state index is 10.8. The van der Waals surface area contributed by atoms with Gasteiger partial charge in [-0.2, -0.15) is 0 Å². The van der Waals surface area contributed by atoms with Gasteiger partial charge in [-0.1, -0.05) is 0 Å². The van der Waals surface area contributed by atoms with E-state index < -0.39 is 5.97 Å². The minimum atomic E-state index is -1.12. The summed E-state index contributed by atoms with van der Waals surface area (Å²) in [6.07, 6.45) is 5.87. The summed E-state index contributed by atoms with van der Waals surface area (Å²) in [6, 6.07) is 0. The Bertz CT molecular complexity index is 452. The van der Waals surface area contributed by atoms with Crippen LogP contribution in [0.3, 0.4) is 0 Å². The molecule has 2 rings (SSSR count). The minimum absolute atomic E-state index is 0.109. The summed E-state index contributed by atoms with van der Waals surface area (Å²) in [5, 5.41) is 8.82. The zero-order valence-electron chi connectivity index (χ0n) is 7.01. The quantitative estimate of drug-likeness (QED) is 0.722. The fourth-order valence-electron chi connectivity index (χ4n) is 1.06. The number of aromatic carboxylic acids is 1. The Kier molecular flexibility index (Phi) is 1.94. The van der Waals surface area contributed by atoms with Crippen molar-refractivity contribution in [3.05, 3.63) is 30.5 Å². The highest BCUT2D eigenvalue weighted by molar-refractivity contribution is 5.91. The molecule has 2 heterocycles. The highest BCUT2D eigenvalue weighted by Gasteiger charge is 2.15. The first-order chi connectivity index (χ1) is 6.79. The predicted octanol–water partition coefficient (Wildman–Crippen LogP) is 0.565. The zero-order valence-corrected chi connectivity index (χ0v) is 7.01. The maximum Gasteiger partial charge on any atom is 0.356 e. The van der Waals surface area contributed by atoms with E-state index >= 15 is 0 Å². The van der Waals surface area contributed by atoms with Gasteiger partial charge in [-0.25, -0.2) is 19.7 Å². The van der Waals surface area contributed by atoms with E-state index in [0.717, 1.165) is 0 Å². The average Bonchev–Trinajstić information content (AvgIpc) is 2.70. The number of imidazole rings is 1. The molecule has 70 valence electrons. The van der Waals surface area contributed by atoms with Crippen molar-refractivity contribution < 1.29 is 9.90 Å². The molecule has 2 aromatic heterocycles. The number of hydrogen-bond donors (Lipinski definition) is 2. The van der Waals surface area contributed by atoms with Gasteiger partial charge in [0.25, 0.3) is 0 Å². The lowest BCUT2D eigenvalue weighted by Crippen LogP contribution is -2.05. The maximum atomic E-state index is 10.8. The van der Waals surface area contributed by atoms with Crippen LogP contribution >= 0.6 is 0 Å². The van der Waals surface area contributed by atoms with Crippen molar-refractivity contribution in [3.8, 4) is 11.5 Å². The van der Waals surface area contributed by atoms with Gasteiger partial charge >= 0.3 is 5.97 Å². The van der Waals surface area contributed by atoms with Crippen molar-refractivity contribution in [1.29, 1.82) is 0 Å². The third-order valence-corrected chi connectivity index (χ3v) is 1.62. The first kappa shape index (κ1) is 8.36. The molecule has 0 saturated carbocycles. The molecule has 0 saturated heterocycles. The fourth-order valence-corrected chi connectivity index (χ4v) is 1.06. The molecule has 14 heavy (non-hydrogen) atoms. The number of aromatic nitrogens is 4. The van der Waals surface area contributed by atoms with Crippen LogP contribution in [0.2, 0.25) is 0 Å². The summed E-state index contributed by atoms with van der Waals surface area (Å²) in [6.45, 7) is 0. The van der Waals surface area contributed by atoms with Crippen LogP contribution in [-0.4, -0.2) is 31.0 Å². The number of hydrogen-bond acceptors (Lipinski definition) is 4. The van der Waals surface area contributed by atoms with E-state index in [1.807, 2.05) is 0 Å². The molecule has 6 heteroatoms. The van der Waals surface area contributed by atoms with E-state index in [-0.39, 0.29) is 11.4 Å². The molecule has 2 aromatic rings. The van der Waals surface area contributed by atoms with Crippen LogP contribution in [0.15, 0.2) is 24.8 Å². The van der Waals surface area contributed by atoms with Crippen LogP contribution in [-0.2, 0) is 0 Å². The average molecular weight is 190 g/mol. The summed E-state index contributed by atoms with van der Waals surface area (Å²) < 4.78 is 0. The highest BCUT2D eigenvalue weighted by Crippen LogP contribution is 2.13. The molecule has 0 fully saturated rings. The topological polar surface area (TPSA) is 91.8 Å². The fraction of sp³-hybridized carbons (Fsp3) is 0. The minimum Gasteiger partial charge on any atom is -0.476 e. The first-order valence-electron chi connectivity index (χ1n) is 3.83. The Hall–Kier alpha value is -2.24. The number of H-pyrrole nitrogens is 1. The van der Waals surface area contributed by atoms with Crippen LogP contribution in [0.5, 0.6) is 0 Å². The van der Waals surface area contributed by atoms with E-state index in [0.29, 0.717) is 5.82 Å². The Morgan fingerprint density at radius 2 is 2.00 bits per heavy atom. The van der Waals surface area contributed by atoms with Gasteiger partial charge in [0.15, 0.2) is 11.5 Å². The number of rotatable bonds is 2. The van der Waals surface area contributed by atoms with Crippen molar-refractivity contribution in [2.24, 2.45) is 0 Å². The van der Waals surface area contributed by atoms with Gasteiger partial charge in [-0.3, -0.25) is 0 Å². The van der Waals surface area contributed by atoms with E-state index in [2.05, 4.69) is 19.9 Å². The van der Waals surface area contributed by atoms with Gasteiger partial charge in [0.05, 0.1) is 0 Å². The molecule has 0 aliphatic rings. The van der Waals surface area contributed by atoms with E-state index in [4.69, 9.17) is 5.11 Å². The normalized spacial score (nSPS) is 10.0. The molecule has 6 nitrogen and oxygen atoms in total. The summed E-state index contributed by atoms with van der Waals surface area (Å²) >= 11 is 0. The monoisotopic (exact) mass is 190 g/mol. The van der Waals surface area contributed by atoms with Gasteiger partial charge in [0.2, 0.25) is 0 Å². The van der Waals surface area contributed by atoms with Crippen molar-refractivity contribution in [2.75, 3.05) is 0 Å². The smallest absolute Gasteiger partial charge is 0.356 e. The summed E-state index contributed by atoms with van der Waals surface area (Å²) in [5.74, 6) is -0.722. The third-order valence-electron chi connectivity index (χ3n) is 1.62. The van der Waals surface area contributed by atoms with Gasteiger partial charge in [-0.05, 0) is 0 Å². The van der Waals surface area contributed by atoms with Crippen LogP contribution < -0.4 is 0 Å². The zero-order chi connectivity index (χ0) is 9.97. The van der Waals surface area contributed by atoms with E-state index in [1.54, 1.807) is 6.20 Å². The Balaban J connectivity index is 2.58. The standard InChI is InChI=1S/C8H6N4O2/c13-8(14)6-5(9-1-2-10-6)7-11-3-4-12-7/h1-4H,(H,11,12)(H,13,14). The number of carboxylic acids is 1. The molecule has 0 radical (unpaired) electrons. The Morgan fingerprint density at radius 3 is 2.64 bits per heavy atom. The Morgan fingerprint density at radius 1 is 1.21 bits per heavy atom. The van der Waals surface area contributed by atoms with Crippen molar-refractivity contribution in [2.45, 2.75) is 0 Å². The molecule has 0 atom stereocenters. The molecule has 0 amide bonds. The molecule has 2 N–H and O–H groups in total. The lowest BCUT2D eigenvalue weighted by atomic mass is 10.3. The lowest BCUT2D eigenvalue weighted by Gasteiger charge is -1.98. The number of nitrogens with zero attached hydrogens (tertiary/aromatic N) is 3. The summed E-state index contributed by atoms with van der Waals surface area (Å²) in [5.41, 5.74) is 0.132. The van der Waals surface area contributed by atoms with Gasteiger partial charge in [0.1, 0.15) is 5.69 Å². The van der Waals surface area contributed by atoms with Crippen LogP contribution in [0.1, 0.15) is 10.5 Å². The van der Waals surface area contributed by atoms with Crippen molar-refractivity contribution in [1.82, 2.24) is 19.9 Å². The SMILES string of the molecule is O=C(O)c1nccnc1-c1ncc[nH]1. The Labute approximate surface area is 78.7 Å². The number of aromatic amines is 1. The van der Waals surface area contributed by atoms with E-state index in [1.165, 1.54) is 18.6 Å². The molecule has 0 bridgehead atoms. The largest absolute Gasteiger partial charge is 0.476 e. The van der Waals surface area contributed by atoms with Gasteiger partial charge < -0.3 is 10.1 Å². The molecule has 0 aromatic carbocycles. The van der Waals surface area contributed by atoms with Crippen molar-refractivity contribution >= 4 is 5.97 Å². The molecular weight excluding hydrogens is 184 g/mol. The van der Waals surface area contributed by atoms with Crippen LogP contribution in [0.25, 0.3) is 11.5 Å². The number of carbonyl (C=O) groups is 1. The number of carboxylic acid groups (broad SMARTS) is 1. The first-order valence-corrected chi connectivity index (χ1v) is 3.83. The second kappa shape index (κ2) is 3.25. The van der Waals surface area contributed by atoms with E-state index in [9.17, 15) is 4.79 Å². The van der Waals surface area contributed by atoms with Crippen LogP contribution in [0, 0.1) is 0 Å². The molecule has 0 aliphatic heterocycles. The second-order valence-corrected chi connectivity index (χ2v) is 2.50. The number of nitrogens with one attached hydrogen (secondary N) is 1. The summed E-state index contributed by atoms with van der Waals surface area (Å²) in [4.78, 5) is 25.1. The molecule has 0 aliphatic carbocycles. The molecular formula is C8H6N4O2. The molecule has 0 unspecified atom stereocenters. The highest BCUT2D eigenvalue weighted by atomic mass is 16.4. The third kappa shape index (κ3) is 1.33. The van der Waals surface area contributed by atoms with Gasteiger partial charge in [0, 0.05) is 24.8 Å². The lowest BCUT2D eigenvalue weighted by molar-refractivity contribution is 0.0691.